The average molecular weight is 238 g/mol. The molecule has 0 atom stereocenters. The van der Waals surface area contributed by atoms with Crippen LogP contribution >= 0.6 is 0 Å². The molecule has 1 rings (SSSR count). The van der Waals surface area contributed by atoms with Gasteiger partial charge in [0.25, 0.3) is 0 Å². The highest BCUT2D eigenvalue weighted by Crippen LogP contribution is 2.18. The Bertz CT molecular complexity index is 295. The van der Waals surface area contributed by atoms with E-state index in [0.717, 1.165) is 25.2 Å². The minimum atomic E-state index is 0.595. The van der Waals surface area contributed by atoms with Crippen LogP contribution in [0.3, 0.4) is 0 Å². The monoisotopic (exact) mass is 238 g/mol. The van der Waals surface area contributed by atoms with Crippen LogP contribution in [-0.2, 0) is 15.9 Å². The second-order valence-electron chi connectivity index (χ2n) is 4.09. The Hall–Kier alpha value is -1.06. The van der Waals surface area contributed by atoms with Crippen LogP contribution in [0.25, 0.3) is 0 Å². The molecule has 0 bridgehead atoms. The molecule has 0 unspecified atom stereocenters. The van der Waals surface area contributed by atoms with Crippen LogP contribution in [0.5, 0.6) is 5.75 Å². The van der Waals surface area contributed by atoms with E-state index in [2.05, 4.69) is 25.1 Å². The van der Waals surface area contributed by atoms with Crippen LogP contribution in [0.2, 0.25) is 0 Å². The molecule has 0 aliphatic carbocycles. The fraction of sp³-hybridized carbons (Fsp3) is 0.571. The van der Waals surface area contributed by atoms with Crippen LogP contribution in [0, 0.1) is 6.92 Å². The van der Waals surface area contributed by atoms with Gasteiger partial charge < -0.3 is 14.2 Å². The highest BCUT2D eigenvalue weighted by molar-refractivity contribution is 5.33. The number of methoxy groups -OCH3 is 2. The molecule has 0 aliphatic heterocycles. The summed E-state index contributed by atoms with van der Waals surface area (Å²) in [6.45, 7) is 4.10. The Labute approximate surface area is 104 Å². The van der Waals surface area contributed by atoms with Gasteiger partial charge in [-0.3, -0.25) is 0 Å². The number of hydrogen-bond donors (Lipinski definition) is 0. The molecule has 0 spiro atoms. The second kappa shape index (κ2) is 8.09. The Morgan fingerprint density at radius 2 is 1.71 bits per heavy atom. The lowest BCUT2D eigenvalue weighted by atomic mass is 10.1. The van der Waals surface area contributed by atoms with Gasteiger partial charge in [0.1, 0.15) is 12.4 Å². The van der Waals surface area contributed by atoms with Crippen molar-refractivity contribution in [1.29, 1.82) is 0 Å². The molecule has 1 aromatic rings. The summed E-state index contributed by atoms with van der Waals surface area (Å²) in [4.78, 5) is 0. The topological polar surface area (TPSA) is 27.7 Å². The van der Waals surface area contributed by atoms with Crippen LogP contribution in [0.1, 0.15) is 17.5 Å². The van der Waals surface area contributed by atoms with Gasteiger partial charge in [-0.25, -0.2) is 0 Å². The number of hydrogen-bond acceptors (Lipinski definition) is 3. The van der Waals surface area contributed by atoms with Crippen molar-refractivity contribution >= 4 is 0 Å². The van der Waals surface area contributed by atoms with Gasteiger partial charge >= 0.3 is 0 Å². The summed E-state index contributed by atoms with van der Waals surface area (Å²) >= 11 is 0. The van der Waals surface area contributed by atoms with Crippen LogP contribution in [0.4, 0.5) is 0 Å². The van der Waals surface area contributed by atoms with Gasteiger partial charge in [-0.2, -0.15) is 0 Å². The molecule has 3 nitrogen and oxygen atoms in total. The third kappa shape index (κ3) is 5.71. The maximum Gasteiger partial charge on any atom is 0.119 e. The summed E-state index contributed by atoms with van der Waals surface area (Å²) in [7, 11) is 3.41. The van der Waals surface area contributed by atoms with Crippen molar-refractivity contribution in [2.24, 2.45) is 0 Å². The quantitative estimate of drug-likeness (QED) is 0.652. The van der Waals surface area contributed by atoms with Crippen molar-refractivity contribution < 1.29 is 14.2 Å². The highest BCUT2D eigenvalue weighted by atomic mass is 16.5. The first-order chi connectivity index (χ1) is 8.26. The molecule has 0 amide bonds. The second-order valence-corrected chi connectivity index (χ2v) is 4.09. The van der Waals surface area contributed by atoms with Gasteiger partial charge in [0.05, 0.1) is 6.61 Å². The lowest BCUT2D eigenvalue weighted by Crippen LogP contribution is -2.04. The molecule has 0 saturated carbocycles. The fourth-order valence-electron chi connectivity index (χ4n) is 1.72. The van der Waals surface area contributed by atoms with Crippen molar-refractivity contribution in [3.05, 3.63) is 29.3 Å². The minimum Gasteiger partial charge on any atom is -0.491 e. The molecule has 17 heavy (non-hydrogen) atoms. The Balaban J connectivity index is 2.53. The van der Waals surface area contributed by atoms with Gasteiger partial charge in [-0.05, 0) is 43.0 Å². The lowest BCUT2D eigenvalue weighted by Gasteiger charge is -2.09. The summed E-state index contributed by atoms with van der Waals surface area (Å²) in [5.41, 5.74) is 2.53. The van der Waals surface area contributed by atoms with E-state index in [9.17, 15) is 0 Å². The smallest absolute Gasteiger partial charge is 0.119 e. The van der Waals surface area contributed by atoms with Crippen molar-refractivity contribution in [1.82, 2.24) is 0 Å². The molecule has 1 aromatic carbocycles. The number of ether oxygens (including phenoxy) is 3. The molecule has 0 aromatic heterocycles. The SMILES string of the molecule is COCCCc1cc(C)cc(OCCOC)c1. The standard InChI is InChI=1S/C14H22O3/c1-12-9-13(5-4-6-15-2)11-14(10-12)17-8-7-16-3/h9-11H,4-8H2,1-3H3. The molecule has 0 saturated heterocycles. The normalized spacial score (nSPS) is 10.5. The zero-order valence-electron chi connectivity index (χ0n) is 11.0. The summed E-state index contributed by atoms with van der Waals surface area (Å²) in [5, 5.41) is 0. The molecule has 3 heteroatoms. The van der Waals surface area contributed by atoms with E-state index in [1.807, 2.05) is 0 Å². The van der Waals surface area contributed by atoms with Gasteiger partial charge in [-0.1, -0.05) is 6.07 Å². The van der Waals surface area contributed by atoms with Crippen molar-refractivity contribution in [3.63, 3.8) is 0 Å². The molecular formula is C14H22O3. The third-order valence-electron chi connectivity index (χ3n) is 2.48. The van der Waals surface area contributed by atoms with Crippen molar-refractivity contribution in [2.45, 2.75) is 19.8 Å². The molecule has 0 N–H and O–H groups in total. The van der Waals surface area contributed by atoms with E-state index in [0.29, 0.717) is 13.2 Å². The lowest BCUT2D eigenvalue weighted by molar-refractivity contribution is 0.146. The number of aryl methyl sites for hydroxylation is 2. The predicted molar refractivity (Wildman–Crippen MR) is 68.7 cm³/mol. The van der Waals surface area contributed by atoms with E-state index in [-0.39, 0.29) is 0 Å². The summed E-state index contributed by atoms with van der Waals surface area (Å²) in [6.07, 6.45) is 2.06. The Kier molecular flexibility index (Phi) is 6.67. The molecule has 0 heterocycles. The first-order valence-electron chi connectivity index (χ1n) is 5.97. The van der Waals surface area contributed by atoms with Crippen molar-refractivity contribution in [2.75, 3.05) is 34.0 Å². The molecule has 96 valence electrons. The maximum atomic E-state index is 5.62. The summed E-state index contributed by atoms with van der Waals surface area (Å²) in [6, 6.07) is 6.34. The molecular weight excluding hydrogens is 216 g/mol. The minimum absolute atomic E-state index is 0.595. The van der Waals surface area contributed by atoms with Crippen LogP contribution in [-0.4, -0.2) is 34.0 Å². The molecule has 0 radical (unpaired) electrons. The first-order valence-corrected chi connectivity index (χ1v) is 5.97. The Morgan fingerprint density at radius 1 is 0.941 bits per heavy atom. The van der Waals surface area contributed by atoms with E-state index >= 15 is 0 Å². The molecule has 0 aliphatic rings. The highest BCUT2D eigenvalue weighted by Gasteiger charge is 2.00. The zero-order valence-corrected chi connectivity index (χ0v) is 11.0. The number of benzene rings is 1. The van der Waals surface area contributed by atoms with Crippen LogP contribution in [0.15, 0.2) is 18.2 Å². The van der Waals surface area contributed by atoms with Crippen LogP contribution < -0.4 is 4.74 Å². The largest absolute Gasteiger partial charge is 0.491 e. The van der Waals surface area contributed by atoms with E-state index in [1.165, 1.54) is 11.1 Å². The van der Waals surface area contributed by atoms with Gasteiger partial charge in [-0.15, -0.1) is 0 Å². The fourth-order valence-corrected chi connectivity index (χ4v) is 1.72. The van der Waals surface area contributed by atoms with Gasteiger partial charge in [0, 0.05) is 20.8 Å². The van der Waals surface area contributed by atoms with Crippen molar-refractivity contribution in [3.8, 4) is 5.75 Å². The maximum absolute atomic E-state index is 5.62. The first kappa shape index (κ1) is 14.0. The van der Waals surface area contributed by atoms with E-state index < -0.39 is 0 Å². The third-order valence-corrected chi connectivity index (χ3v) is 2.48. The average Bonchev–Trinajstić information content (AvgIpc) is 2.29. The zero-order chi connectivity index (χ0) is 12.5. The molecule has 0 fully saturated rings. The van der Waals surface area contributed by atoms with E-state index in [1.54, 1.807) is 14.2 Å². The summed E-state index contributed by atoms with van der Waals surface area (Å²) < 4.78 is 15.6. The van der Waals surface area contributed by atoms with Gasteiger partial charge in [0.15, 0.2) is 0 Å². The summed E-state index contributed by atoms with van der Waals surface area (Å²) in [5.74, 6) is 0.925. The van der Waals surface area contributed by atoms with Gasteiger partial charge in [0.2, 0.25) is 0 Å². The van der Waals surface area contributed by atoms with E-state index in [4.69, 9.17) is 14.2 Å². The predicted octanol–water partition coefficient (Wildman–Crippen LogP) is 2.60. The number of rotatable bonds is 8. The Morgan fingerprint density at radius 3 is 2.41 bits per heavy atom.